The number of ether oxygens (including phenoxy) is 1. The predicted octanol–water partition coefficient (Wildman–Crippen LogP) is 3.66. The molecule has 0 atom stereocenters. The summed E-state index contributed by atoms with van der Waals surface area (Å²) in [5.74, 6) is -0.957. The summed E-state index contributed by atoms with van der Waals surface area (Å²) in [7, 11) is 0. The molecule has 2 aromatic carbocycles. The number of anilines is 1. The third-order valence-electron chi connectivity index (χ3n) is 6.53. The van der Waals surface area contributed by atoms with E-state index in [2.05, 4.69) is 34.0 Å². The fourth-order valence-corrected chi connectivity index (χ4v) is 4.44. The normalized spacial score (nSPS) is 13.2. The van der Waals surface area contributed by atoms with E-state index in [-0.39, 0.29) is 12.1 Å². The van der Waals surface area contributed by atoms with Gasteiger partial charge in [0.15, 0.2) is 0 Å². The zero-order chi connectivity index (χ0) is 26.5. The summed E-state index contributed by atoms with van der Waals surface area (Å²) >= 11 is 0. The van der Waals surface area contributed by atoms with E-state index < -0.39 is 11.8 Å². The molecule has 1 saturated heterocycles. The van der Waals surface area contributed by atoms with Gasteiger partial charge in [-0.2, -0.15) is 0 Å². The average molecular weight is 501 g/mol. The third kappa shape index (κ3) is 5.98. The standard InChI is InChI=1S/C29H32N4O4/c1-5-27(34)31-33(18-26-20(3)16-21(4)30-28(26)35)29(36)25-17-23(7-6-19(25)2)22-8-10-24(11-9-22)32-12-14-37-15-13-32/h5-11,16-17H,1,12-15,18H2,2-4H3,(H,30,35)(H,31,34). The molecule has 1 aliphatic rings. The van der Waals surface area contributed by atoms with Crippen molar-refractivity contribution in [1.82, 2.24) is 15.4 Å². The molecule has 1 fully saturated rings. The minimum atomic E-state index is -0.540. The van der Waals surface area contributed by atoms with Crippen molar-refractivity contribution < 1.29 is 14.3 Å². The number of amides is 2. The summed E-state index contributed by atoms with van der Waals surface area (Å²) in [6, 6.07) is 15.7. The van der Waals surface area contributed by atoms with E-state index in [1.807, 2.05) is 50.2 Å². The second kappa shape index (κ2) is 11.3. The highest BCUT2D eigenvalue weighted by Crippen LogP contribution is 2.26. The van der Waals surface area contributed by atoms with E-state index in [1.54, 1.807) is 6.92 Å². The van der Waals surface area contributed by atoms with E-state index in [0.29, 0.717) is 11.1 Å². The highest BCUT2D eigenvalue weighted by Gasteiger charge is 2.22. The highest BCUT2D eigenvalue weighted by atomic mass is 16.5. The van der Waals surface area contributed by atoms with E-state index in [4.69, 9.17) is 4.74 Å². The maximum Gasteiger partial charge on any atom is 0.272 e. The second-order valence-electron chi connectivity index (χ2n) is 9.19. The van der Waals surface area contributed by atoms with Gasteiger partial charge in [0.1, 0.15) is 0 Å². The lowest BCUT2D eigenvalue weighted by Crippen LogP contribution is -2.46. The van der Waals surface area contributed by atoms with Crippen LogP contribution < -0.4 is 15.9 Å². The molecule has 8 heteroatoms. The molecule has 0 radical (unpaired) electrons. The van der Waals surface area contributed by atoms with Gasteiger partial charge in [0.25, 0.3) is 17.4 Å². The molecule has 1 aromatic heterocycles. The van der Waals surface area contributed by atoms with Crippen molar-refractivity contribution in [3.8, 4) is 11.1 Å². The first kappa shape index (κ1) is 25.9. The highest BCUT2D eigenvalue weighted by molar-refractivity contribution is 5.99. The van der Waals surface area contributed by atoms with Crippen LogP contribution in [0.4, 0.5) is 5.69 Å². The van der Waals surface area contributed by atoms with Crippen LogP contribution in [0, 0.1) is 20.8 Å². The molecule has 192 valence electrons. The topological polar surface area (TPSA) is 94.7 Å². The number of hydrogen-bond acceptors (Lipinski definition) is 5. The second-order valence-corrected chi connectivity index (χ2v) is 9.19. The van der Waals surface area contributed by atoms with E-state index in [1.165, 1.54) is 5.01 Å². The number of carbonyl (C=O) groups is 2. The van der Waals surface area contributed by atoms with Crippen LogP contribution in [0.15, 0.2) is 66.0 Å². The van der Waals surface area contributed by atoms with Crippen LogP contribution in [-0.2, 0) is 16.1 Å². The lowest BCUT2D eigenvalue weighted by Gasteiger charge is -2.29. The van der Waals surface area contributed by atoms with Crippen LogP contribution >= 0.6 is 0 Å². The smallest absolute Gasteiger partial charge is 0.272 e. The van der Waals surface area contributed by atoms with Crippen molar-refractivity contribution in [1.29, 1.82) is 0 Å². The van der Waals surface area contributed by atoms with Gasteiger partial charge in [-0.1, -0.05) is 30.8 Å². The zero-order valence-electron chi connectivity index (χ0n) is 21.5. The van der Waals surface area contributed by atoms with Crippen molar-refractivity contribution in [3.05, 3.63) is 99.5 Å². The molecule has 4 rings (SSSR count). The zero-order valence-corrected chi connectivity index (χ0v) is 21.5. The number of nitrogens with one attached hydrogen (secondary N) is 2. The van der Waals surface area contributed by atoms with Crippen LogP contribution in [0.25, 0.3) is 11.1 Å². The van der Waals surface area contributed by atoms with E-state index in [9.17, 15) is 14.4 Å². The van der Waals surface area contributed by atoms with Gasteiger partial charge in [-0.15, -0.1) is 0 Å². The third-order valence-corrected chi connectivity index (χ3v) is 6.53. The first-order chi connectivity index (χ1) is 17.8. The van der Waals surface area contributed by atoms with Crippen molar-refractivity contribution in [2.75, 3.05) is 31.2 Å². The first-order valence-corrected chi connectivity index (χ1v) is 12.2. The van der Waals surface area contributed by atoms with Crippen LogP contribution in [-0.4, -0.2) is 48.1 Å². The largest absolute Gasteiger partial charge is 0.378 e. The quantitative estimate of drug-likeness (QED) is 0.398. The number of carbonyl (C=O) groups excluding carboxylic acids is 2. The molecule has 1 aliphatic heterocycles. The van der Waals surface area contributed by atoms with Crippen molar-refractivity contribution in [3.63, 3.8) is 0 Å². The van der Waals surface area contributed by atoms with Gasteiger partial charge in [0.2, 0.25) is 0 Å². The summed E-state index contributed by atoms with van der Waals surface area (Å²) in [6.07, 6.45) is 1.09. The number of nitrogens with zero attached hydrogens (tertiary/aromatic N) is 2. The maximum absolute atomic E-state index is 13.7. The van der Waals surface area contributed by atoms with Gasteiger partial charge >= 0.3 is 0 Å². The number of hydrogen-bond donors (Lipinski definition) is 2. The molecule has 0 bridgehead atoms. The Balaban J connectivity index is 1.64. The molecule has 3 aromatic rings. The molecular weight excluding hydrogens is 468 g/mol. The Bertz CT molecular complexity index is 1370. The summed E-state index contributed by atoms with van der Waals surface area (Å²) in [5, 5.41) is 1.17. The van der Waals surface area contributed by atoms with Gasteiger partial charge in [-0.3, -0.25) is 19.8 Å². The van der Waals surface area contributed by atoms with E-state index >= 15 is 0 Å². The number of rotatable bonds is 6. The van der Waals surface area contributed by atoms with Gasteiger partial charge in [0.05, 0.1) is 19.8 Å². The van der Waals surface area contributed by atoms with Crippen LogP contribution in [0.2, 0.25) is 0 Å². The van der Waals surface area contributed by atoms with Gasteiger partial charge < -0.3 is 14.6 Å². The predicted molar refractivity (Wildman–Crippen MR) is 144 cm³/mol. The van der Waals surface area contributed by atoms with Gasteiger partial charge in [0, 0.05) is 35.6 Å². The Morgan fingerprint density at radius 1 is 1.03 bits per heavy atom. The number of H-pyrrole nitrogens is 1. The molecule has 0 unspecified atom stereocenters. The van der Waals surface area contributed by atoms with Crippen LogP contribution in [0.5, 0.6) is 0 Å². The molecule has 8 nitrogen and oxygen atoms in total. The molecule has 0 saturated carbocycles. The number of morpholine rings is 1. The molecule has 2 N–H and O–H groups in total. The number of aryl methyl sites for hydroxylation is 3. The monoisotopic (exact) mass is 500 g/mol. The van der Waals surface area contributed by atoms with Crippen LogP contribution in [0.1, 0.15) is 32.7 Å². The SMILES string of the molecule is C=CC(=O)NN(Cc1c(C)cc(C)[nH]c1=O)C(=O)c1cc(-c2ccc(N3CCOCC3)cc2)ccc1C. The lowest BCUT2D eigenvalue weighted by molar-refractivity contribution is -0.120. The number of hydrazine groups is 1. The van der Waals surface area contributed by atoms with Crippen LogP contribution in [0.3, 0.4) is 0 Å². The summed E-state index contributed by atoms with van der Waals surface area (Å²) < 4.78 is 5.44. The first-order valence-electron chi connectivity index (χ1n) is 12.2. The van der Waals surface area contributed by atoms with Crippen molar-refractivity contribution in [2.45, 2.75) is 27.3 Å². The number of benzene rings is 2. The van der Waals surface area contributed by atoms with E-state index in [0.717, 1.165) is 66.0 Å². The number of aromatic amines is 1. The summed E-state index contributed by atoms with van der Waals surface area (Å²) in [5.41, 5.74) is 8.30. The van der Waals surface area contributed by atoms with Gasteiger partial charge in [-0.05, 0) is 73.4 Å². The molecule has 0 aliphatic carbocycles. The molecule has 0 spiro atoms. The van der Waals surface area contributed by atoms with Crippen molar-refractivity contribution in [2.24, 2.45) is 0 Å². The Morgan fingerprint density at radius 2 is 1.70 bits per heavy atom. The maximum atomic E-state index is 13.7. The van der Waals surface area contributed by atoms with Gasteiger partial charge in [-0.25, -0.2) is 5.01 Å². The average Bonchev–Trinajstić information content (AvgIpc) is 2.90. The molecule has 2 heterocycles. The molecule has 2 amide bonds. The number of aromatic nitrogens is 1. The Hall–Kier alpha value is -4.17. The molecule has 37 heavy (non-hydrogen) atoms. The summed E-state index contributed by atoms with van der Waals surface area (Å²) in [6.45, 7) is 12.0. The summed E-state index contributed by atoms with van der Waals surface area (Å²) in [4.78, 5) is 43.6. The Kier molecular flexibility index (Phi) is 7.89. The Morgan fingerprint density at radius 3 is 2.35 bits per heavy atom. The fourth-order valence-electron chi connectivity index (χ4n) is 4.44. The minimum absolute atomic E-state index is 0.0855. The fraction of sp³-hybridized carbons (Fsp3) is 0.276. The molecular formula is C29H32N4O4. The lowest BCUT2D eigenvalue weighted by atomic mass is 9.98. The van der Waals surface area contributed by atoms with Crippen molar-refractivity contribution >= 4 is 17.5 Å². The Labute approximate surface area is 216 Å². The minimum Gasteiger partial charge on any atom is -0.378 e. The number of pyridine rings is 1.